The summed E-state index contributed by atoms with van der Waals surface area (Å²) in [6.45, 7) is 8.47. The Morgan fingerprint density at radius 1 is 1.14 bits per heavy atom. The first-order chi connectivity index (χ1) is 10.2. The Bertz CT molecular complexity index is 477. The Kier molecular flexibility index (Phi) is 4.78. The van der Waals surface area contributed by atoms with Crippen molar-refractivity contribution < 1.29 is 14.4 Å². The zero-order valence-corrected chi connectivity index (χ0v) is 14.1. The van der Waals surface area contributed by atoms with Crippen LogP contribution in [0, 0.1) is 11.3 Å². The van der Waals surface area contributed by atoms with Crippen LogP contribution < -0.4 is 0 Å². The average Bonchev–Trinajstić information content (AvgIpc) is 2.58. The number of likely N-dealkylation sites (tertiary alicyclic amines) is 1. The number of carbonyl (C=O) groups is 3. The molecule has 0 aromatic heterocycles. The molecule has 2 aliphatic rings. The van der Waals surface area contributed by atoms with Crippen molar-refractivity contribution in [3.8, 4) is 0 Å². The van der Waals surface area contributed by atoms with Gasteiger partial charge in [-0.05, 0) is 5.92 Å². The topological polar surface area (TPSA) is 60.9 Å². The molecule has 0 aromatic carbocycles. The van der Waals surface area contributed by atoms with Crippen LogP contribution in [0.1, 0.15) is 33.6 Å². The van der Waals surface area contributed by atoms with Crippen LogP contribution in [0.5, 0.6) is 0 Å². The van der Waals surface area contributed by atoms with Crippen LogP contribution in [0.2, 0.25) is 0 Å². The van der Waals surface area contributed by atoms with Gasteiger partial charge in [-0.2, -0.15) is 0 Å². The lowest BCUT2D eigenvalue weighted by atomic mass is 9.85. The fourth-order valence-corrected chi connectivity index (χ4v) is 3.53. The van der Waals surface area contributed by atoms with Crippen LogP contribution in [-0.4, -0.2) is 72.2 Å². The summed E-state index contributed by atoms with van der Waals surface area (Å²) in [5, 5.41) is 0. The van der Waals surface area contributed by atoms with Gasteiger partial charge in [-0.3, -0.25) is 14.4 Å². The van der Waals surface area contributed by atoms with E-state index in [1.54, 1.807) is 23.8 Å². The van der Waals surface area contributed by atoms with Gasteiger partial charge in [0.15, 0.2) is 0 Å². The highest BCUT2D eigenvalue weighted by atomic mass is 16.2. The molecule has 2 aliphatic heterocycles. The first-order valence-corrected chi connectivity index (χ1v) is 8.00. The Morgan fingerprint density at radius 3 is 2.23 bits per heavy atom. The molecule has 2 fully saturated rings. The van der Waals surface area contributed by atoms with Crippen molar-refractivity contribution in [2.75, 3.05) is 39.8 Å². The van der Waals surface area contributed by atoms with Gasteiger partial charge in [0.25, 0.3) is 0 Å². The molecule has 2 heterocycles. The highest BCUT2D eigenvalue weighted by molar-refractivity contribution is 5.81. The summed E-state index contributed by atoms with van der Waals surface area (Å²) in [6, 6.07) is 0. The lowest BCUT2D eigenvalue weighted by Gasteiger charge is -2.33. The summed E-state index contributed by atoms with van der Waals surface area (Å²) in [5.41, 5.74) is -0.319. The Hall–Kier alpha value is -1.59. The monoisotopic (exact) mass is 309 g/mol. The molecule has 0 unspecified atom stereocenters. The third kappa shape index (κ3) is 3.59. The predicted octanol–water partition coefficient (Wildman–Crippen LogP) is 0.572. The molecule has 0 aliphatic carbocycles. The molecule has 124 valence electrons. The number of amides is 3. The van der Waals surface area contributed by atoms with Crippen molar-refractivity contribution in [2.24, 2.45) is 11.3 Å². The Balaban J connectivity index is 2.21. The van der Waals surface area contributed by atoms with E-state index in [1.807, 2.05) is 18.7 Å². The maximum atomic E-state index is 12.5. The van der Waals surface area contributed by atoms with Gasteiger partial charge in [-0.15, -0.1) is 0 Å². The molecule has 2 saturated heterocycles. The second-order valence-corrected chi connectivity index (χ2v) is 7.28. The van der Waals surface area contributed by atoms with Gasteiger partial charge in [0.1, 0.15) is 0 Å². The molecule has 0 radical (unpaired) electrons. The third-order valence-corrected chi connectivity index (χ3v) is 4.60. The smallest absolute Gasteiger partial charge is 0.223 e. The minimum absolute atomic E-state index is 0.0135. The molecule has 0 aromatic rings. The SMILES string of the molecule is CC(=O)N1CCN(C(=O)CC(C)C)C[C@@]2(CC(=O)N(C)C2)C1. The van der Waals surface area contributed by atoms with Crippen LogP contribution in [0.4, 0.5) is 0 Å². The minimum atomic E-state index is -0.319. The predicted molar refractivity (Wildman–Crippen MR) is 83.0 cm³/mol. The van der Waals surface area contributed by atoms with E-state index in [9.17, 15) is 14.4 Å². The van der Waals surface area contributed by atoms with E-state index in [1.165, 1.54) is 0 Å². The second-order valence-electron chi connectivity index (χ2n) is 7.28. The van der Waals surface area contributed by atoms with Crippen molar-refractivity contribution in [3.63, 3.8) is 0 Å². The quantitative estimate of drug-likeness (QED) is 0.749. The number of hydrogen-bond acceptors (Lipinski definition) is 3. The molecule has 0 bridgehead atoms. The zero-order chi connectivity index (χ0) is 16.5. The third-order valence-electron chi connectivity index (χ3n) is 4.60. The molecule has 0 N–H and O–H groups in total. The molecular weight excluding hydrogens is 282 g/mol. The highest BCUT2D eigenvalue weighted by Gasteiger charge is 2.46. The fraction of sp³-hybridized carbons (Fsp3) is 0.812. The fourth-order valence-electron chi connectivity index (χ4n) is 3.53. The number of hydrogen-bond donors (Lipinski definition) is 0. The standard InChI is InChI=1S/C16H27N3O3/c1-12(2)7-14(21)19-6-5-18(13(3)20)10-16(11-19)8-15(22)17(4)9-16/h12H,5-11H2,1-4H3/t16-/m1/s1. The van der Waals surface area contributed by atoms with Gasteiger partial charge in [0.05, 0.1) is 0 Å². The number of carbonyl (C=O) groups excluding carboxylic acids is 3. The molecule has 1 spiro atoms. The number of nitrogens with zero attached hydrogens (tertiary/aromatic N) is 3. The average molecular weight is 309 g/mol. The summed E-state index contributed by atoms with van der Waals surface area (Å²) in [6.07, 6.45) is 0.929. The van der Waals surface area contributed by atoms with Crippen molar-refractivity contribution >= 4 is 17.7 Å². The summed E-state index contributed by atoms with van der Waals surface area (Å²) in [7, 11) is 1.79. The lowest BCUT2D eigenvalue weighted by Crippen LogP contribution is -2.45. The lowest BCUT2D eigenvalue weighted by molar-refractivity contribution is -0.133. The van der Waals surface area contributed by atoms with Crippen molar-refractivity contribution in [2.45, 2.75) is 33.6 Å². The summed E-state index contributed by atoms with van der Waals surface area (Å²) >= 11 is 0. The molecule has 1 atom stereocenters. The molecule has 0 saturated carbocycles. The normalized spacial score (nSPS) is 26.0. The zero-order valence-electron chi connectivity index (χ0n) is 14.1. The largest absolute Gasteiger partial charge is 0.345 e. The van der Waals surface area contributed by atoms with Gasteiger partial charge in [0, 0.05) is 65.0 Å². The van der Waals surface area contributed by atoms with E-state index >= 15 is 0 Å². The summed E-state index contributed by atoms with van der Waals surface area (Å²) < 4.78 is 0. The van der Waals surface area contributed by atoms with Crippen molar-refractivity contribution in [1.82, 2.24) is 14.7 Å². The molecule has 6 nitrogen and oxygen atoms in total. The Labute approximate surface area is 132 Å². The van der Waals surface area contributed by atoms with Crippen LogP contribution in [0.25, 0.3) is 0 Å². The van der Waals surface area contributed by atoms with Crippen LogP contribution in [0.3, 0.4) is 0 Å². The van der Waals surface area contributed by atoms with E-state index in [-0.39, 0.29) is 23.1 Å². The minimum Gasteiger partial charge on any atom is -0.345 e. The molecule has 2 rings (SSSR count). The molecular formula is C16H27N3O3. The van der Waals surface area contributed by atoms with E-state index in [0.29, 0.717) is 51.5 Å². The van der Waals surface area contributed by atoms with Gasteiger partial charge in [-0.25, -0.2) is 0 Å². The van der Waals surface area contributed by atoms with Gasteiger partial charge in [-0.1, -0.05) is 13.8 Å². The van der Waals surface area contributed by atoms with Gasteiger partial charge < -0.3 is 14.7 Å². The number of rotatable bonds is 2. The van der Waals surface area contributed by atoms with Crippen LogP contribution >= 0.6 is 0 Å². The highest BCUT2D eigenvalue weighted by Crippen LogP contribution is 2.34. The summed E-state index contributed by atoms with van der Waals surface area (Å²) in [5.74, 6) is 0.548. The maximum Gasteiger partial charge on any atom is 0.223 e. The van der Waals surface area contributed by atoms with Crippen molar-refractivity contribution in [3.05, 3.63) is 0 Å². The van der Waals surface area contributed by atoms with Crippen molar-refractivity contribution in [1.29, 1.82) is 0 Å². The van der Waals surface area contributed by atoms with E-state index in [4.69, 9.17) is 0 Å². The molecule has 6 heteroatoms. The molecule has 22 heavy (non-hydrogen) atoms. The van der Waals surface area contributed by atoms with E-state index < -0.39 is 0 Å². The van der Waals surface area contributed by atoms with Crippen LogP contribution in [-0.2, 0) is 14.4 Å². The van der Waals surface area contributed by atoms with E-state index in [0.717, 1.165) is 0 Å². The molecule has 3 amide bonds. The Morgan fingerprint density at radius 2 is 1.73 bits per heavy atom. The van der Waals surface area contributed by atoms with Crippen LogP contribution in [0.15, 0.2) is 0 Å². The van der Waals surface area contributed by atoms with Gasteiger partial charge >= 0.3 is 0 Å². The second kappa shape index (κ2) is 6.26. The maximum absolute atomic E-state index is 12.5. The first-order valence-electron chi connectivity index (χ1n) is 8.00. The van der Waals surface area contributed by atoms with Gasteiger partial charge in [0.2, 0.25) is 17.7 Å². The summed E-state index contributed by atoms with van der Waals surface area (Å²) in [4.78, 5) is 41.7. The van der Waals surface area contributed by atoms with E-state index in [2.05, 4.69) is 0 Å². The first kappa shape index (κ1) is 16.8.